The molecule has 2 heterocycles. The molecule has 1 aromatic rings. The number of hydrogen-bond acceptors (Lipinski definition) is 4. The number of likely N-dealkylation sites (N-methyl/N-ethyl adjacent to an activating group) is 1. The van der Waals surface area contributed by atoms with Gasteiger partial charge in [-0.3, -0.25) is 9.69 Å². The van der Waals surface area contributed by atoms with Gasteiger partial charge in [0.05, 0.1) is 5.70 Å². The average Bonchev–Trinajstić information content (AvgIpc) is 2.95. The van der Waals surface area contributed by atoms with Crippen molar-refractivity contribution in [1.29, 1.82) is 0 Å². The number of hydrogen-bond donors (Lipinski definition) is 0. The molecule has 1 aliphatic carbocycles. The van der Waals surface area contributed by atoms with Crippen LogP contribution in [-0.4, -0.2) is 27.7 Å². The Morgan fingerprint density at radius 3 is 2.68 bits per heavy atom. The van der Waals surface area contributed by atoms with Gasteiger partial charge in [0, 0.05) is 18.3 Å². The van der Waals surface area contributed by atoms with E-state index in [-0.39, 0.29) is 11.9 Å². The highest BCUT2D eigenvalue weighted by Crippen LogP contribution is 2.41. The Hall–Kier alpha value is -1.59. The first-order valence-corrected chi connectivity index (χ1v) is 10.3. The predicted molar refractivity (Wildman–Crippen MR) is 109 cm³/mol. The monoisotopic (exact) mass is 370 g/mol. The summed E-state index contributed by atoms with van der Waals surface area (Å²) in [4.78, 5) is 18.1. The molecule has 0 spiro atoms. The molecule has 0 aromatic heterocycles. The zero-order valence-electron chi connectivity index (χ0n) is 14.4. The number of nitrogens with zero attached hydrogens (tertiary/aromatic N) is 2. The second-order valence-corrected chi connectivity index (χ2v) is 8.33. The van der Waals surface area contributed by atoms with Crippen LogP contribution in [0.2, 0.25) is 0 Å². The van der Waals surface area contributed by atoms with Crippen molar-refractivity contribution in [2.24, 2.45) is 0 Å². The van der Waals surface area contributed by atoms with Crippen LogP contribution < -0.4 is 4.90 Å². The van der Waals surface area contributed by atoms with Gasteiger partial charge in [-0.05, 0) is 37.5 Å². The quantitative estimate of drug-likeness (QED) is 0.543. The van der Waals surface area contributed by atoms with Gasteiger partial charge >= 0.3 is 0 Å². The Balaban J connectivity index is 1.71. The third kappa shape index (κ3) is 2.93. The van der Waals surface area contributed by atoms with Crippen molar-refractivity contribution in [3.63, 3.8) is 0 Å². The highest BCUT2D eigenvalue weighted by Gasteiger charge is 2.40. The number of anilines is 1. The Kier molecular flexibility index (Phi) is 4.69. The van der Waals surface area contributed by atoms with E-state index < -0.39 is 0 Å². The zero-order valence-corrected chi connectivity index (χ0v) is 16.0. The van der Waals surface area contributed by atoms with Crippen molar-refractivity contribution in [3.8, 4) is 0 Å². The number of thiocarbonyl (C=S) groups is 1. The van der Waals surface area contributed by atoms with Crippen molar-refractivity contribution >= 4 is 46.0 Å². The molecule has 5 heteroatoms. The van der Waals surface area contributed by atoms with Crippen molar-refractivity contribution in [2.45, 2.75) is 45.1 Å². The van der Waals surface area contributed by atoms with Crippen LogP contribution in [0, 0.1) is 0 Å². The smallest absolute Gasteiger partial charge is 0.268 e. The molecule has 1 saturated carbocycles. The third-order valence-electron chi connectivity index (χ3n) is 5.23. The number of amides is 1. The maximum absolute atomic E-state index is 13.2. The Morgan fingerprint density at radius 1 is 1.16 bits per heavy atom. The van der Waals surface area contributed by atoms with Crippen LogP contribution in [0.4, 0.5) is 5.69 Å². The first-order valence-electron chi connectivity index (χ1n) is 9.05. The van der Waals surface area contributed by atoms with Gasteiger partial charge in [0.15, 0.2) is 0 Å². The van der Waals surface area contributed by atoms with Crippen LogP contribution >= 0.6 is 24.0 Å². The van der Waals surface area contributed by atoms with E-state index in [1.54, 1.807) is 0 Å². The second-order valence-electron chi connectivity index (χ2n) is 6.69. The molecule has 1 amide bonds. The van der Waals surface area contributed by atoms with Crippen LogP contribution in [0.3, 0.4) is 0 Å². The van der Waals surface area contributed by atoms with Crippen molar-refractivity contribution < 1.29 is 4.79 Å². The van der Waals surface area contributed by atoms with E-state index in [2.05, 4.69) is 36.1 Å². The van der Waals surface area contributed by atoms with Crippen molar-refractivity contribution in [1.82, 2.24) is 4.90 Å². The SMILES string of the molecule is CCN1/C(=C2\SC(=S)N(C3CCCCC3)C2=O)C=Cc2ccccc21. The van der Waals surface area contributed by atoms with Gasteiger partial charge < -0.3 is 4.90 Å². The van der Waals surface area contributed by atoms with Gasteiger partial charge in [0.2, 0.25) is 0 Å². The van der Waals surface area contributed by atoms with Gasteiger partial charge in [-0.2, -0.15) is 0 Å². The van der Waals surface area contributed by atoms with Crippen LogP contribution in [0.25, 0.3) is 6.08 Å². The van der Waals surface area contributed by atoms with Crippen LogP contribution in [0.5, 0.6) is 0 Å². The summed E-state index contributed by atoms with van der Waals surface area (Å²) in [5.74, 6) is 0.0966. The lowest BCUT2D eigenvalue weighted by Crippen LogP contribution is -2.40. The molecule has 3 nitrogen and oxygen atoms in total. The lowest BCUT2D eigenvalue weighted by Gasteiger charge is -2.31. The van der Waals surface area contributed by atoms with E-state index in [0.717, 1.165) is 40.0 Å². The fourth-order valence-corrected chi connectivity index (χ4v) is 5.45. The summed E-state index contributed by atoms with van der Waals surface area (Å²) >= 11 is 7.06. The number of allylic oxidation sites excluding steroid dienone is 1. The lowest BCUT2D eigenvalue weighted by atomic mass is 9.94. The summed E-state index contributed by atoms with van der Waals surface area (Å²) in [5.41, 5.74) is 3.33. The predicted octanol–water partition coefficient (Wildman–Crippen LogP) is 4.94. The molecule has 4 rings (SSSR count). The van der Waals surface area contributed by atoms with Gasteiger partial charge in [-0.15, -0.1) is 0 Å². The largest absolute Gasteiger partial charge is 0.340 e. The molecule has 3 aliphatic rings. The minimum absolute atomic E-state index is 0.0966. The highest BCUT2D eigenvalue weighted by atomic mass is 32.2. The molecular formula is C20H22N2OS2. The average molecular weight is 371 g/mol. The topological polar surface area (TPSA) is 23.6 Å². The summed E-state index contributed by atoms with van der Waals surface area (Å²) in [6, 6.07) is 8.60. The van der Waals surface area contributed by atoms with Crippen LogP contribution in [0.1, 0.15) is 44.6 Å². The minimum Gasteiger partial charge on any atom is -0.340 e. The maximum Gasteiger partial charge on any atom is 0.268 e. The van der Waals surface area contributed by atoms with E-state index in [1.807, 2.05) is 17.0 Å². The molecule has 0 radical (unpaired) electrons. The fourth-order valence-electron chi connectivity index (χ4n) is 3.99. The number of fused-ring (bicyclic) bond motifs is 1. The molecule has 0 atom stereocenters. The number of carbonyl (C=O) groups excluding carboxylic acids is 1. The molecule has 2 fully saturated rings. The minimum atomic E-state index is 0.0966. The van der Waals surface area contributed by atoms with Crippen LogP contribution in [0.15, 0.2) is 40.9 Å². The normalized spacial score (nSPS) is 24.2. The first kappa shape index (κ1) is 16.9. The van der Waals surface area contributed by atoms with Gasteiger partial charge in [-0.25, -0.2) is 0 Å². The second kappa shape index (κ2) is 6.96. The fraction of sp³-hybridized carbons (Fsp3) is 0.400. The summed E-state index contributed by atoms with van der Waals surface area (Å²) in [6.45, 7) is 2.95. The molecule has 25 heavy (non-hydrogen) atoms. The molecule has 0 bridgehead atoms. The molecule has 1 aromatic carbocycles. The molecule has 0 N–H and O–H groups in total. The molecule has 0 unspecified atom stereocenters. The Bertz CT molecular complexity index is 778. The molecule has 1 saturated heterocycles. The van der Waals surface area contributed by atoms with Crippen molar-refractivity contribution in [3.05, 3.63) is 46.5 Å². The van der Waals surface area contributed by atoms with Gasteiger partial charge in [0.25, 0.3) is 5.91 Å². The number of carbonyl (C=O) groups is 1. The maximum atomic E-state index is 13.2. The lowest BCUT2D eigenvalue weighted by molar-refractivity contribution is -0.124. The summed E-state index contributed by atoms with van der Waals surface area (Å²) < 4.78 is 0.725. The number of benzene rings is 1. The Labute approximate surface area is 158 Å². The number of rotatable bonds is 2. The Morgan fingerprint density at radius 2 is 1.92 bits per heavy atom. The summed E-state index contributed by atoms with van der Waals surface area (Å²) in [7, 11) is 0. The zero-order chi connectivity index (χ0) is 17.4. The standard InChI is InChI=1S/C20H22N2OS2/c1-2-21-16-11-7-6-8-14(16)12-13-17(21)18-19(23)22(20(24)25-18)15-9-4-3-5-10-15/h6-8,11-13,15H,2-5,9-10H2,1H3/b18-17-. The number of thioether (sulfide) groups is 1. The van der Waals surface area contributed by atoms with E-state index in [0.29, 0.717) is 0 Å². The van der Waals surface area contributed by atoms with E-state index in [9.17, 15) is 4.79 Å². The molecule has 130 valence electrons. The summed E-state index contributed by atoms with van der Waals surface area (Å²) in [6.07, 6.45) is 9.99. The highest BCUT2D eigenvalue weighted by molar-refractivity contribution is 8.26. The molecular weight excluding hydrogens is 348 g/mol. The van der Waals surface area contributed by atoms with E-state index in [4.69, 9.17) is 12.2 Å². The van der Waals surface area contributed by atoms with Gasteiger partial charge in [0.1, 0.15) is 9.23 Å². The van der Waals surface area contributed by atoms with Crippen molar-refractivity contribution in [2.75, 3.05) is 11.4 Å². The van der Waals surface area contributed by atoms with Crippen LogP contribution in [-0.2, 0) is 4.79 Å². The first-order chi connectivity index (χ1) is 12.2. The summed E-state index contributed by atoms with van der Waals surface area (Å²) in [5, 5.41) is 0. The van der Waals surface area contributed by atoms with E-state index in [1.165, 1.54) is 36.6 Å². The van der Waals surface area contributed by atoms with E-state index >= 15 is 0 Å². The molecule has 2 aliphatic heterocycles. The number of para-hydroxylation sites is 1. The third-order valence-corrected chi connectivity index (χ3v) is 6.63. The van der Waals surface area contributed by atoms with Gasteiger partial charge in [-0.1, -0.05) is 67.5 Å².